The first-order chi connectivity index (χ1) is 9.16. The van der Waals surface area contributed by atoms with Crippen LogP contribution in [-0.2, 0) is 9.59 Å². The van der Waals surface area contributed by atoms with Crippen molar-refractivity contribution in [1.82, 2.24) is 9.80 Å². The fourth-order valence-electron chi connectivity index (χ4n) is 3.27. The van der Waals surface area contributed by atoms with Gasteiger partial charge in [0.05, 0.1) is 5.92 Å². The molecule has 19 heavy (non-hydrogen) atoms. The Morgan fingerprint density at radius 3 is 1.89 bits per heavy atom. The van der Waals surface area contributed by atoms with E-state index in [0.29, 0.717) is 32.1 Å². The van der Waals surface area contributed by atoms with Gasteiger partial charge in [-0.1, -0.05) is 6.42 Å². The highest BCUT2D eigenvalue weighted by Gasteiger charge is 2.37. The van der Waals surface area contributed by atoms with Crippen LogP contribution in [0.5, 0.6) is 0 Å². The molecule has 0 aromatic heterocycles. The number of hydrogen-bond donors (Lipinski definition) is 1. The lowest BCUT2D eigenvalue weighted by Gasteiger charge is -2.36. The molecule has 1 aliphatic heterocycles. The van der Waals surface area contributed by atoms with Crippen LogP contribution >= 0.6 is 0 Å². The highest BCUT2D eigenvalue weighted by molar-refractivity contribution is 5.82. The van der Waals surface area contributed by atoms with E-state index in [9.17, 15) is 9.59 Å². The average molecular weight is 265 g/mol. The van der Waals surface area contributed by atoms with Crippen LogP contribution in [0.15, 0.2) is 0 Å². The number of carbonyl (C=O) groups excluding carboxylic acids is 2. The molecule has 2 N–H and O–H groups in total. The Labute approximate surface area is 114 Å². The second kappa shape index (κ2) is 5.12. The second-order valence-corrected chi connectivity index (χ2v) is 6.13. The second-order valence-electron chi connectivity index (χ2n) is 6.13. The minimum absolute atomic E-state index is 0.0192. The SMILES string of the molecule is NC1CCCC1C(=O)N1CCN(C(=O)C2CC2)CC1. The molecule has 106 valence electrons. The van der Waals surface area contributed by atoms with Gasteiger partial charge >= 0.3 is 0 Å². The third-order valence-electron chi connectivity index (χ3n) is 4.72. The predicted molar refractivity (Wildman–Crippen MR) is 71.2 cm³/mol. The zero-order valence-corrected chi connectivity index (χ0v) is 11.4. The lowest BCUT2D eigenvalue weighted by Crippen LogP contribution is -2.53. The normalized spacial score (nSPS) is 31.6. The van der Waals surface area contributed by atoms with Gasteiger partial charge in [-0.25, -0.2) is 0 Å². The van der Waals surface area contributed by atoms with Crippen LogP contribution in [0.1, 0.15) is 32.1 Å². The smallest absolute Gasteiger partial charge is 0.227 e. The minimum atomic E-state index is 0.0192. The molecule has 3 rings (SSSR count). The van der Waals surface area contributed by atoms with E-state index < -0.39 is 0 Å². The average Bonchev–Trinajstić information content (AvgIpc) is 3.20. The van der Waals surface area contributed by atoms with Crippen molar-refractivity contribution in [3.8, 4) is 0 Å². The molecule has 3 fully saturated rings. The van der Waals surface area contributed by atoms with Crippen molar-refractivity contribution in [3.63, 3.8) is 0 Å². The Hall–Kier alpha value is -1.10. The van der Waals surface area contributed by atoms with Gasteiger partial charge in [0.1, 0.15) is 0 Å². The molecule has 0 bridgehead atoms. The van der Waals surface area contributed by atoms with Gasteiger partial charge in [0, 0.05) is 38.1 Å². The maximum absolute atomic E-state index is 12.4. The molecule has 3 aliphatic rings. The van der Waals surface area contributed by atoms with E-state index in [-0.39, 0.29) is 23.8 Å². The van der Waals surface area contributed by atoms with Gasteiger partial charge in [-0.15, -0.1) is 0 Å². The topological polar surface area (TPSA) is 66.6 Å². The van der Waals surface area contributed by atoms with Crippen LogP contribution in [-0.4, -0.2) is 53.8 Å². The molecular weight excluding hydrogens is 242 g/mol. The molecule has 2 saturated carbocycles. The van der Waals surface area contributed by atoms with E-state index in [4.69, 9.17) is 5.73 Å². The molecule has 0 aromatic rings. The molecule has 2 aliphatic carbocycles. The number of piperazine rings is 1. The number of amides is 2. The van der Waals surface area contributed by atoms with Gasteiger partial charge in [-0.3, -0.25) is 9.59 Å². The van der Waals surface area contributed by atoms with Crippen molar-refractivity contribution in [1.29, 1.82) is 0 Å². The molecule has 2 amide bonds. The summed E-state index contributed by atoms with van der Waals surface area (Å²) in [6.45, 7) is 2.76. The van der Waals surface area contributed by atoms with Crippen LogP contribution in [0, 0.1) is 11.8 Å². The Balaban J connectivity index is 1.51. The van der Waals surface area contributed by atoms with E-state index in [0.717, 1.165) is 32.1 Å². The summed E-state index contributed by atoms with van der Waals surface area (Å²) in [5.41, 5.74) is 6.00. The van der Waals surface area contributed by atoms with Crippen LogP contribution in [0.3, 0.4) is 0 Å². The summed E-state index contributed by atoms with van der Waals surface area (Å²) in [6.07, 6.45) is 5.07. The molecule has 2 atom stereocenters. The predicted octanol–water partition coefficient (Wildman–Crippen LogP) is 0.195. The van der Waals surface area contributed by atoms with Crippen LogP contribution in [0.25, 0.3) is 0 Å². The summed E-state index contributed by atoms with van der Waals surface area (Å²) in [5, 5.41) is 0. The van der Waals surface area contributed by atoms with Crippen molar-refractivity contribution < 1.29 is 9.59 Å². The van der Waals surface area contributed by atoms with E-state index in [1.165, 1.54) is 0 Å². The third kappa shape index (κ3) is 2.61. The van der Waals surface area contributed by atoms with E-state index in [1.54, 1.807) is 0 Å². The minimum Gasteiger partial charge on any atom is -0.339 e. The quantitative estimate of drug-likeness (QED) is 0.775. The number of hydrogen-bond acceptors (Lipinski definition) is 3. The summed E-state index contributed by atoms with van der Waals surface area (Å²) >= 11 is 0. The molecule has 0 spiro atoms. The number of nitrogens with two attached hydrogens (primary N) is 1. The van der Waals surface area contributed by atoms with Gasteiger partial charge in [-0.2, -0.15) is 0 Å². The number of carbonyl (C=O) groups is 2. The first-order valence-electron chi connectivity index (χ1n) is 7.50. The Kier molecular flexibility index (Phi) is 3.48. The van der Waals surface area contributed by atoms with Crippen molar-refractivity contribution in [2.75, 3.05) is 26.2 Å². The lowest BCUT2D eigenvalue weighted by molar-refractivity contribution is -0.142. The molecule has 5 nitrogen and oxygen atoms in total. The molecule has 2 unspecified atom stereocenters. The molecule has 0 aromatic carbocycles. The van der Waals surface area contributed by atoms with Gasteiger partial charge < -0.3 is 15.5 Å². The highest BCUT2D eigenvalue weighted by Crippen LogP contribution is 2.31. The van der Waals surface area contributed by atoms with Crippen LogP contribution < -0.4 is 5.73 Å². The summed E-state index contributed by atoms with van der Waals surface area (Å²) in [7, 11) is 0. The molecule has 1 saturated heterocycles. The number of rotatable bonds is 2. The monoisotopic (exact) mass is 265 g/mol. The zero-order valence-electron chi connectivity index (χ0n) is 11.4. The summed E-state index contributed by atoms with van der Waals surface area (Å²) < 4.78 is 0. The van der Waals surface area contributed by atoms with E-state index in [2.05, 4.69) is 0 Å². The Morgan fingerprint density at radius 2 is 1.42 bits per heavy atom. The van der Waals surface area contributed by atoms with Crippen LogP contribution in [0.4, 0.5) is 0 Å². The summed E-state index contributed by atoms with van der Waals surface area (Å²) in [5.74, 6) is 0.810. The van der Waals surface area contributed by atoms with E-state index in [1.807, 2.05) is 9.80 Å². The maximum atomic E-state index is 12.4. The fraction of sp³-hybridized carbons (Fsp3) is 0.857. The third-order valence-corrected chi connectivity index (χ3v) is 4.72. The zero-order chi connectivity index (χ0) is 13.4. The first kappa shape index (κ1) is 12.9. The molecule has 1 heterocycles. The first-order valence-corrected chi connectivity index (χ1v) is 7.50. The Bertz CT molecular complexity index is 373. The molecule has 5 heteroatoms. The van der Waals surface area contributed by atoms with Gasteiger partial charge in [0.2, 0.25) is 11.8 Å². The van der Waals surface area contributed by atoms with Crippen molar-refractivity contribution >= 4 is 11.8 Å². The Morgan fingerprint density at radius 1 is 0.842 bits per heavy atom. The van der Waals surface area contributed by atoms with Crippen LogP contribution in [0.2, 0.25) is 0 Å². The number of nitrogens with zero attached hydrogens (tertiary/aromatic N) is 2. The van der Waals surface area contributed by atoms with Crippen molar-refractivity contribution in [2.24, 2.45) is 17.6 Å². The van der Waals surface area contributed by atoms with E-state index >= 15 is 0 Å². The largest absolute Gasteiger partial charge is 0.339 e. The highest BCUT2D eigenvalue weighted by atomic mass is 16.2. The molecular formula is C14H23N3O2. The van der Waals surface area contributed by atoms with Gasteiger partial charge in [0.25, 0.3) is 0 Å². The molecule has 0 radical (unpaired) electrons. The van der Waals surface area contributed by atoms with Crippen molar-refractivity contribution in [2.45, 2.75) is 38.1 Å². The van der Waals surface area contributed by atoms with Crippen molar-refractivity contribution in [3.05, 3.63) is 0 Å². The standard InChI is InChI=1S/C14H23N3O2/c15-12-3-1-2-11(12)14(19)17-8-6-16(7-9-17)13(18)10-4-5-10/h10-12H,1-9,15H2. The fourth-order valence-corrected chi connectivity index (χ4v) is 3.27. The summed E-state index contributed by atoms with van der Waals surface area (Å²) in [4.78, 5) is 28.2. The van der Waals surface area contributed by atoms with Gasteiger partial charge in [-0.05, 0) is 25.7 Å². The van der Waals surface area contributed by atoms with Gasteiger partial charge in [0.15, 0.2) is 0 Å². The lowest BCUT2D eigenvalue weighted by atomic mass is 10.0. The summed E-state index contributed by atoms with van der Waals surface area (Å²) in [6, 6.07) is 0.0404. The maximum Gasteiger partial charge on any atom is 0.227 e.